The summed E-state index contributed by atoms with van der Waals surface area (Å²) in [6.45, 7) is 1.39. The number of nitrogens with zero attached hydrogens (tertiary/aromatic N) is 2. The van der Waals surface area contributed by atoms with Gasteiger partial charge in [-0.05, 0) is 11.6 Å². The highest BCUT2D eigenvalue weighted by Gasteiger charge is 2.19. The number of aromatic nitrogens is 1. The molecule has 0 aliphatic carbocycles. The number of likely N-dealkylation sites (N-methyl/N-ethyl adjacent to an activating group) is 1. The van der Waals surface area contributed by atoms with Gasteiger partial charge in [0, 0.05) is 24.5 Å². The van der Waals surface area contributed by atoms with E-state index in [1.165, 1.54) is 0 Å². The smallest absolute Gasteiger partial charge is 0.268 e. The van der Waals surface area contributed by atoms with E-state index >= 15 is 0 Å². The zero-order valence-corrected chi connectivity index (χ0v) is 14.1. The molecule has 1 aliphatic rings. The SMILES string of the molecule is CN1C=NC[C@H](NC(=O)c2cc3cccc(-c4ccccc4)c3[nH]2)C1. The summed E-state index contributed by atoms with van der Waals surface area (Å²) < 4.78 is 0. The van der Waals surface area contributed by atoms with Crippen LogP contribution in [0.4, 0.5) is 0 Å². The highest BCUT2D eigenvalue weighted by Crippen LogP contribution is 2.28. The van der Waals surface area contributed by atoms with Crippen molar-refractivity contribution in [2.24, 2.45) is 4.99 Å². The lowest BCUT2D eigenvalue weighted by atomic mass is 10.0. The van der Waals surface area contributed by atoms with Crippen LogP contribution in [-0.4, -0.2) is 48.3 Å². The molecule has 3 aromatic rings. The minimum absolute atomic E-state index is 0.0301. The molecule has 0 unspecified atom stereocenters. The first kappa shape index (κ1) is 15.4. The quantitative estimate of drug-likeness (QED) is 0.775. The van der Waals surface area contributed by atoms with Gasteiger partial charge in [0.1, 0.15) is 5.69 Å². The Morgan fingerprint density at radius 1 is 1.20 bits per heavy atom. The minimum atomic E-state index is -0.0919. The maximum atomic E-state index is 12.6. The Morgan fingerprint density at radius 2 is 2.04 bits per heavy atom. The van der Waals surface area contributed by atoms with Crippen molar-refractivity contribution in [2.45, 2.75) is 6.04 Å². The maximum Gasteiger partial charge on any atom is 0.268 e. The lowest BCUT2D eigenvalue weighted by molar-refractivity contribution is 0.0928. The molecule has 0 saturated heterocycles. The van der Waals surface area contributed by atoms with Crippen molar-refractivity contribution in [3.8, 4) is 11.1 Å². The molecular weight excluding hydrogens is 312 g/mol. The average Bonchev–Trinajstić information content (AvgIpc) is 3.07. The summed E-state index contributed by atoms with van der Waals surface area (Å²) >= 11 is 0. The van der Waals surface area contributed by atoms with E-state index < -0.39 is 0 Å². The van der Waals surface area contributed by atoms with Crippen LogP contribution >= 0.6 is 0 Å². The molecular formula is C20H20N4O. The van der Waals surface area contributed by atoms with Crippen molar-refractivity contribution in [1.82, 2.24) is 15.2 Å². The van der Waals surface area contributed by atoms with Crippen molar-refractivity contribution in [3.63, 3.8) is 0 Å². The number of rotatable bonds is 3. The van der Waals surface area contributed by atoms with Crippen LogP contribution in [0.25, 0.3) is 22.0 Å². The number of aliphatic imine (C=N–C) groups is 1. The van der Waals surface area contributed by atoms with Crippen molar-refractivity contribution in [3.05, 3.63) is 60.3 Å². The number of H-pyrrole nitrogens is 1. The summed E-state index contributed by atoms with van der Waals surface area (Å²) in [5, 5.41) is 4.09. The molecule has 0 fully saturated rings. The molecule has 2 aromatic carbocycles. The number of aromatic amines is 1. The van der Waals surface area contributed by atoms with Crippen molar-refractivity contribution in [1.29, 1.82) is 0 Å². The fourth-order valence-corrected chi connectivity index (χ4v) is 3.26. The van der Waals surface area contributed by atoms with Crippen molar-refractivity contribution < 1.29 is 4.79 Å². The number of benzene rings is 2. The molecule has 1 aromatic heterocycles. The van der Waals surface area contributed by atoms with Gasteiger partial charge in [-0.15, -0.1) is 0 Å². The van der Waals surface area contributed by atoms with E-state index in [-0.39, 0.29) is 11.9 Å². The summed E-state index contributed by atoms with van der Waals surface area (Å²) in [4.78, 5) is 22.2. The molecule has 1 amide bonds. The Balaban J connectivity index is 1.63. The zero-order chi connectivity index (χ0) is 17.2. The second-order valence-electron chi connectivity index (χ2n) is 6.41. The van der Waals surface area contributed by atoms with Gasteiger partial charge < -0.3 is 15.2 Å². The summed E-state index contributed by atoms with van der Waals surface area (Å²) in [6, 6.07) is 18.2. The van der Waals surface area contributed by atoms with E-state index in [2.05, 4.69) is 33.5 Å². The van der Waals surface area contributed by atoms with Crippen LogP contribution in [0.3, 0.4) is 0 Å². The predicted octanol–water partition coefficient (Wildman–Crippen LogP) is 2.91. The number of nitrogens with one attached hydrogen (secondary N) is 2. The van der Waals surface area contributed by atoms with Gasteiger partial charge in [0.25, 0.3) is 5.91 Å². The average molecular weight is 332 g/mol. The highest BCUT2D eigenvalue weighted by atomic mass is 16.2. The molecule has 0 bridgehead atoms. The summed E-state index contributed by atoms with van der Waals surface area (Å²) in [6.07, 6.45) is 1.80. The number of hydrogen-bond acceptors (Lipinski definition) is 3. The van der Waals surface area contributed by atoms with Gasteiger partial charge in [-0.1, -0.05) is 48.5 Å². The number of amides is 1. The molecule has 2 N–H and O–H groups in total. The minimum Gasteiger partial charge on any atom is -0.364 e. The predicted molar refractivity (Wildman–Crippen MR) is 101 cm³/mol. The van der Waals surface area contributed by atoms with Crippen LogP contribution in [0.1, 0.15) is 10.5 Å². The fourth-order valence-electron chi connectivity index (χ4n) is 3.26. The first-order valence-corrected chi connectivity index (χ1v) is 8.39. The van der Waals surface area contributed by atoms with Gasteiger partial charge in [-0.3, -0.25) is 9.79 Å². The molecule has 126 valence electrons. The molecule has 0 saturated carbocycles. The van der Waals surface area contributed by atoms with E-state index in [1.807, 2.05) is 48.3 Å². The summed E-state index contributed by atoms with van der Waals surface area (Å²) in [5.41, 5.74) is 3.79. The number of hydrogen-bond donors (Lipinski definition) is 2. The Kier molecular flexibility index (Phi) is 3.98. The van der Waals surface area contributed by atoms with E-state index in [0.29, 0.717) is 12.2 Å². The second-order valence-corrected chi connectivity index (χ2v) is 6.41. The van der Waals surface area contributed by atoms with Crippen LogP contribution in [0.15, 0.2) is 59.6 Å². The second kappa shape index (κ2) is 6.43. The molecule has 5 heteroatoms. The standard InChI is InChI=1S/C20H20N4O/c1-24-12-16(11-21-13-24)22-20(25)18-10-15-8-5-9-17(19(15)23-18)14-6-3-2-4-7-14/h2-10,13,16,23H,11-12H2,1H3,(H,22,25)/t16-/m0/s1. The Hall–Kier alpha value is -3.08. The van der Waals surface area contributed by atoms with Gasteiger partial charge in [0.05, 0.1) is 24.4 Å². The van der Waals surface area contributed by atoms with Gasteiger partial charge in [0.2, 0.25) is 0 Å². The fraction of sp³-hybridized carbons (Fsp3) is 0.200. The zero-order valence-electron chi connectivity index (χ0n) is 14.1. The van der Waals surface area contributed by atoms with Crippen LogP contribution in [0.2, 0.25) is 0 Å². The molecule has 25 heavy (non-hydrogen) atoms. The first-order chi connectivity index (χ1) is 12.2. The van der Waals surface area contributed by atoms with Gasteiger partial charge in [0.15, 0.2) is 0 Å². The number of carbonyl (C=O) groups excluding carboxylic acids is 1. The number of fused-ring (bicyclic) bond motifs is 1. The van der Waals surface area contributed by atoms with Crippen molar-refractivity contribution in [2.75, 3.05) is 20.1 Å². The Morgan fingerprint density at radius 3 is 2.84 bits per heavy atom. The lowest BCUT2D eigenvalue weighted by Crippen LogP contribution is -2.46. The third kappa shape index (κ3) is 3.13. The first-order valence-electron chi connectivity index (χ1n) is 8.39. The van der Waals surface area contributed by atoms with Gasteiger partial charge >= 0.3 is 0 Å². The van der Waals surface area contributed by atoms with Crippen LogP contribution < -0.4 is 5.32 Å². The van der Waals surface area contributed by atoms with Gasteiger partial charge in [-0.25, -0.2) is 0 Å². The lowest BCUT2D eigenvalue weighted by Gasteiger charge is -2.25. The van der Waals surface area contributed by atoms with E-state index in [9.17, 15) is 4.79 Å². The molecule has 5 nitrogen and oxygen atoms in total. The molecule has 0 spiro atoms. The van der Waals surface area contributed by atoms with E-state index in [1.54, 1.807) is 6.34 Å². The van der Waals surface area contributed by atoms with Crippen LogP contribution in [0.5, 0.6) is 0 Å². The largest absolute Gasteiger partial charge is 0.364 e. The van der Waals surface area contributed by atoms with Crippen molar-refractivity contribution >= 4 is 23.1 Å². The van der Waals surface area contributed by atoms with Gasteiger partial charge in [-0.2, -0.15) is 0 Å². The Labute approximate surface area is 146 Å². The highest BCUT2D eigenvalue weighted by molar-refractivity contribution is 6.02. The summed E-state index contributed by atoms with van der Waals surface area (Å²) in [7, 11) is 1.96. The molecule has 4 rings (SSSR count). The Bertz CT molecular complexity index is 929. The third-order valence-corrected chi connectivity index (χ3v) is 4.43. The van der Waals surface area contributed by atoms with Crippen LogP contribution in [-0.2, 0) is 0 Å². The topological polar surface area (TPSA) is 60.5 Å². The van der Waals surface area contributed by atoms with E-state index in [0.717, 1.165) is 28.6 Å². The third-order valence-electron chi connectivity index (χ3n) is 4.43. The van der Waals surface area contributed by atoms with E-state index in [4.69, 9.17) is 0 Å². The summed E-state index contributed by atoms with van der Waals surface area (Å²) in [5.74, 6) is -0.0919. The number of carbonyl (C=O) groups is 1. The molecule has 2 heterocycles. The maximum absolute atomic E-state index is 12.6. The normalized spacial score (nSPS) is 17.0. The molecule has 1 atom stereocenters. The monoisotopic (exact) mass is 332 g/mol. The molecule has 0 radical (unpaired) electrons. The number of para-hydroxylation sites is 1. The molecule has 1 aliphatic heterocycles. The van der Waals surface area contributed by atoms with Crippen LogP contribution in [0, 0.1) is 0 Å².